The van der Waals surface area contributed by atoms with Gasteiger partial charge in [0, 0.05) is 6.08 Å². The summed E-state index contributed by atoms with van der Waals surface area (Å²) in [5.41, 5.74) is 3.05. The Hall–Kier alpha value is -2.44. The van der Waals surface area contributed by atoms with Crippen molar-refractivity contribution in [2.45, 2.75) is 56.6 Å². The van der Waals surface area contributed by atoms with Crippen LogP contribution in [0.4, 0.5) is 0 Å². The molecule has 0 spiro atoms. The number of ether oxygens (including phenoxy) is 1. The molecule has 6 heteroatoms. The Morgan fingerprint density at radius 2 is 1.55 bits per heavy atom. The molecule has 154 valence electrons. The van der Waals surface area contributed by atoms with Crippen LogP contribution in [0.3, 0.4) is 0 Å². The van der Waals surface area contributed by atoms with E-state index in [2.05, 4.69) is 4.72 Å². The number of hydrogen-bond donors (Lipinski definition) is 1. The summed E-state index contributed by atoms with van der Waals surface area (Å²) in [5, 5.41) is 0. The van der Waals surface area contributed by atoms with Crippen molar-refractivity contribution in [3.05, 3.63) is 71.3 Å². The Labute approximate surface area is 172 Å². The summed E-state index contributed by atoms with van der Waals surface area (Å²) in [7, 11) is -3.66. The number of benzene rings is 2. The van der Waals surface area contributed by atoms with Crippen molar-refractivity contribution in [3.8, 4) is 0 Å². The molecule has 1 saturated carbocycles. The maximum Gasteiger partial charge on any atom is 0.331 e. The normalized spacial score (nSPS) is 19.9. The lowest BCUT2D eigenvalue weighted by Crippen LogP contribution is -2.46. The van der Waals surface area contributed by atoms with E-state index in [9.17, 15) is 13.2 Å². The number of aryl methyl sites for hydroxylation is 2. The summed E-state index contributed by atoms with van der Waals surface area (Å²) < 4.78 is 33.8. The molecule has 5 nitrogen and oxygen atoms in total. The summed E-state index contributed by atoms with van der Waals surface area (Å²) in [6.07, 6.45) is 5.71. The van der Waals surface area contributed by atoms with Gasteiger partial charge in [0.05, 0.1) is 10.9 Å². The van der Waals surface area contributed by atoms with Gasteiger partial charge in [-0.2, -0.15) is 0 Å². The predicted octanol–water partition coefficient (Wildman–Crippen LogP) is 4.15. The van der Waals surface area contributed by atoms with Crippen LogP contribution >= 0.6 is 0 Å². The molecule has 0 aromatic heterocycles. The van der Waals surface area contributed by atoms with E-state index in [1.54, 1.807) is 30.3 Å². The van der Waals surface area contributed by atoms with Gasteiger partial charge in [0.1, 0.15) is 6.10 Å². The molecule has 0 radical (unpaired) electrons. The number of hydrogen-bond acceptors (Lipinski definition) is 4. The van der Waals surface area contributed by atoms with Crippen molar-refractivity contribution in [2.75, 3.05) is 0 Å². The lowest BCUT2D eigenvalue weighted by atomic mass is 9.93. The Morgan fingerprint density at radius 3 is 2.21 bits per heavy atom. The van der Waals surface area contributed by atoms with Crippen LogP contribution in [-0.4, -0.2) is 26.5 Å². The first-order chi connectivity index (χ1) is 13.8. The quantitative estimate of drug-likeness (QED) is 0.570. The van der Waals surface area contributed by atoms with Crippen molar-refractivity contribution in [2.24, 2.45) is 0 Å². The fourth-order valence-electron chi connectivity index (χ4n) is 3.39. The summed E-state index contributed by atoms with van der Waals surface area (Å²) in [4.78, 5) is 12.5. The van der Waals surface area contributed by atoms with Crippen LogP contribution in [0.1, 0.15) is 42.4 Å². The van der Waals surface area contributed by atoms with Gasteiger partial charge in [-0.25, -0.2) is 17.9 Å². The first kappa shape index (κ1) is 21.3. The molecule has 2 aromatic carbocycles. The number of carbonyl (C=O) groups excluding carboxylic acids is 1. The second kappa shape index (κ2) is 9.37. The monoisotopic (exact) mass is 413 g/mol. The third kappa shape index (κ3) is 6.02. The van der Waals surface area contributed by atoms with E-state index in [-0.39, 0.29) is 4.90 Å². The number of sulfonamides is 1. The Bertz CT molecular complexity index is 963. The van der Waals surface area contributed by atoms with Gasteiger partial charge in [0.15, 0.2) is 0 Å². The summed E-state index contributed by atoms with van der Waals surface area (Å²) in [6, 6.07) is 14.1. The van der Waals surface area contributed by atoms with Gasteiger partial charge in [0.25, 0.3) is 0 Å². The highest BCUT2D eigenvalue weighted by atomic mass is 32.2. The van der Waals surface area contributed by atoms with Gasteiger partial charge >= 0.3 is 5.97 Å². The minimum atomic E-state index is -3.66. The zero-order valence-electron chi connectivity index (χ0n) is 16.8. The van der Waals surface area contributed by atoms with E-state index < -0.39 is 28.1 Å². The van der Waals surface area contributed by atoms with Crippen LogP contribution in [0.15, 0.2) is 59.5 Å². The molecule has 0 amide bonds. The zero-order chi connectivity index (χ0) is 20.9. The third-order valence-electron chi connectivity index (χ3n) is 5.10. The van der Waals surface area contributed by atoms with E-state index in [4.69, 9.17) is 4.74 Å². The van der Waals surface area contributed by atoms with Gasteiger partial charge in [-0.1, -0.05) is 53.9 Å². The maximum atomic E-state index is 12.7. The second-order valence-corrected chi connectivity index (χ2v) is 9.26. The minimum absolute atomic E-state index is 0.220. The van der Waals surface area contributed by atoms with Gasteiger partial charge in [-0.3, -0.25) is 0 Å². The van der Waals surface area contributed by atoms with Gasteiger partial charge in [0.2, 0.25) is 10.0 Å². The molecule has 0 heterocycles. The number of nitrogens with one attached hydrogen (secondary N) is 1. The highest BCUT2D eigenvalue weighted by molar-refractivity contribution is 7.89. The first-order valence-corrected chi connectivity index (χ1v) is 11.4. The number of rotatable bonds is 6. The summed E-state index contributed by atoms with van der Waals surface area (Å²) >= 11 is 0. The molecule has 3 rings (SSSR count). The van der Waals surface area contributed by atoms with E-state index in [0.717, 1.165) is 29.5 Å². The van der Waals surface area contributed by atoms with Gasteiger partial charge < -0.3 is 4.74 Å². The van der Waals surface area contributed by atoms with Gasteiger partial charge in [-0.05, 0) is 56.9 Å². The van der Waals surface area contributed by atoms with E-state index >= 15 is 0 Å². The van der Waals surface area contributed by atoms with Crippen LogP contribution in [-0.2, 0) is 19.6 Å². The molecule has 1 fully saturated rings. The third-order valence-corrected chi connectivity index (χ3v) is 6.60. The van der Waals surface area contributed by atoms with E-state index in [0.29, 0.717) is 12.8 Å². The molecule has 0 bridgehead atoms. The molecule has 2 aromatic rings. The van der Waals surface area contributed by atoms with Crippen molar-refractivity contribution in [3.63, 3.8) is 0 Å². The number of carbonyl (C=O) groups is 1. The average molecular weight is 414 g/mol. The van der Waals surface area contributed by atoms with Crippen LogP contribution < -0.4 is 4.72 Å². The molecule has 0 saturated heterocycles. The van der Waals surface area contributed by atoms with Crippen LogP contribution in [0.25, 0.3) is 6.08 Å². The van der Waals surface area contributed by atoms with Crippen molar-refractivity contribution < 1.29 is 17.9 Å². The van der Waals surface area contributed by atoms with Gasteiger partial charge in [-0.15, -0.1) is 0 Å². The summed E-state index contributed by atoms with van der Waals surface area (Å²) in [6.45, 7) is 3.91. The van der Waals surface area contributed by atoms with E-state index in [1.807, 2.05) is 38.1 Å². The van der Waals surface area contributed by atoms with Crippen molar-refractivity contribution >= 4 is 22.1 Å². The Kier molecular flexibility index (Phi) is 6.87. The van der Waals surface area contributed by atoms with Crippen molar-refractivity contribution in [1.82, 2.24) is 4.72 Å². The molecule has 0 aliphatic heterocycles. The highest BCUT2D eigenvalue weighted by Gasteiger charge is 2.31. The zero-order valence-corrected chi connectivity index (χ0v) is 17.6. The molecule has 2 atom stereocenters. The Morgan fingerprint density at radius 1 is 0.966 bits per heavy atom. The molecule has 1 aliphatic carbocycles. The molecular weight excluding hydrogens is 386 g/mol. The Balaban J connectivity index is 1.65. The van der Waals surface area contributed by atoms with Crippen LogP contribution in [0.2, 0.25) is 0 Å². The minimum Gasteiger partial charge on any atom is -0.458 e. The largest absolute Gasteiger partial charge is 0.458 e. The van der Waals surface area contributed by atoms with Crippen molar-refractivity contribution in [1.29, 1.82) is 0 Å². The fraction of sp³-hybridized carbons (Fsp3) is 0.348. The first-order valence-electron chi connectivity index (χ1n) is 9.88. The average Bonchev–Trinajstić information content (AvgIpc) is 2.69. The molecule has 0 unspecified atom stereocenters. The maximum absolute atomic E-state index is 12.7. The smallest absolute Gasteiger partial charge is 0.331 e. The standard InChI is InChI=1S/C23H27NO4S/c1-17-7-11-19(12-8-17)13-16-23(25)28-22-6-4-3-5-21(22)24-29(26,27)20-14-9-18(2)10-15-20/h7-16,21-22,24H,3-6H2,1-2H3/b16-13+/t21-,22-/m1/s1. The van der Waals surface area contributed by atoms with Crippen LogP contribution in [0, 0.1) is 13.8 Å². The second-order valence-electron chi connectivity index (χ2n) is 7.54. The molecule has 1 N–H and O–H groups in total. The fourth-order valence-corrected chi connectivity index (χ4v) is 4.69. The van der Waals surface area contributed by atoms with E-state index in [1.165, 1.54) is 6.08 Å². The predicted molar refractivity (Wildman–Crippen MR) is 114 cm³/mol. The topological polar surface area (TPSA) is 72.5 Å². The van der Waals surface area contributed by atoms with Crippen LogP contribution in [0.5, 0.6) is 0 Å². The molecule has 1 aliphatic rings. The molecule has 29 heavy (non-hydrogen) atoms. The lowest BCUT2D eigenvalue weighted by Gasteiger charge is -2.31. The number of esters is 1. The molecular formula is C23H27NO4S. The lowest BCUT2D eigenvalue weighted by molar-refractivity contribution is -0.145. The highest BCUT2D eigenvalue weighted by Crippen LogP contribution is 2.24. The SMILES string of the molecule is Cc1ccc(/C=C/C(=O)O[C@@H]2CCCC[C@H]2NS(=O)(=O)c2ccc(C)cc2)cc1. The summed E-state index contributed by atoms with van der Waals surface area (Å²) in [5.74, 6) is -0.461.